The summed E-state index contributed by atoms with van der Waals surface area (Å²) in [7, 11) is 0. The molecule has 1 aliphatic rings. The Bertz CT molecular complexity index is 524. The van der Waals surface area contributed by atoms with Gasteiger partial charge >= 0.3 is 0 Å². The fourth-order valence-corrected chi connectivity index (χ4v) is 3.41. The van der Waals surface area contributed by atoms with Crippen LogP contribution in [0.25, 0.3) is 0 Å². The quantitative estimate of drug-likeness (QED) is 0.498. The molecule has 104 valence electrons. The Morgan fingerprint density at radius 1 is 1.58 bits per heavy atom. The van der Waals surface area contributed by atoms with Crippen molar-refractivity contribution in [2.45, 2.75) is 32.2 Å². The first kappa shape index (κ1) is 14.4. The van der Waals surface area contributed by atoms with Crippen LogP contribution in [0.5, 0.6) is 0 Å². The third-order valence-corrected chi connectivity index (χ3v) is 4.61. The van der Waals surface area contributed by atoms with E-state index >= 15 is 0 Å². The fraction of sp³-hybridized carbons (Fsp3) is 0.500. The molecule has 0 bridgehead atoms. The molecular weight excluding hydrogens is 334 g/mol. The molecule has 1 atom stereocenters. The normalized spacial score (nSPS) is 19.5. The first-order valence-corrected chi connectivity index (χ1v) is 7.29. The smallest absolute Gasteiger partial charge is 0.295 e. The maximum absolute atomic E-state index is 11.2. The Morgan fingerprint density at radius 3 is 2.84 bits per heavy atom. The van der Waals surface area contributed by atoms with E-state index in [1.807, 2.05) is 4.90 Å². The van der Waals surface area contributed by atoms with Gasteiger partial charge in [-0.3, -0.25) is 10.1 Å². The Labute approximate surface area is 125 Å². The van der Waals surface area contributed by atoms with Gasteiger partial charge in [0.1, 0.15) is 5.69 Å². The molecule has 1 fully saturated rings. The molecule has 0 amide bonds. The monoisotopic (exact) mass is 347 g/mol. The van der Waals surface area contributed by atoms with E-state index in [0.29, 0.717) is 15.8 Å². The van der Waals surface area contributed by atoms with E-state index < -0.39 is 4.92 Å². The van der Waals surface area contributed by atoms with E-state index in [1.54, 1.807) is 0 Å². The zero-order valence-corrected chi connectivity index (χ0v) is 12.9. The first-order chi connectivity index (χ1) is 8.93. The van der Waals surface area contributed by atoms with Gasteiger partial charge in [-0.05, 0) is 42.1 Å². The van der Waals surface area contributed by atoms with Gasteiger partial charge in [0, 0.05) is 18.7 Å². The average molecular weight is 349 g/mol. The predicted molar refractivity (Wildman–Crippen MR) is 80.9 cm³/mol. The zero-order valence-electron chi connectivity index (χ0n) is 10.5. The van der Waals surface area contributed by atoms with Crippen LogP contribution in [0.1, 0.15) is 26.2 Å². The minimum Gasteiger partial charge on any atom is -0.397 e. The third-order valence-electron chi connectivity index (χ3n) is 3.49. The third kappa shape index (κ3) is 2.65. The summed E-state index contributed by atoms with van der Waals surface area (Å²) in [6, 6.07) is 1.59. The Hall–Kier alpha value is -1.01. The lowest BCUT2D eigenvalue weighted by Gasteiger charge is -2.35. The fourth-order valence-electron chi connectivity index (χ4n) is 2.45. The molecule has 2 N–H and O–H groups in total. The van der Waals surface area contributed by atoms with Gasteiger partial charge in [0.25, 0.3) is 5.69 Å². The van der Waals surface area contributed by atoms with Gasteiger partial charge in [-0.1, -0.05) is 11.6 Å². The molecule has 1 heterocycles. The van der Waals surface area contributed by atoms with Gasteiger partial charge in [-0.25, -0.2) is 0 Å². The topological polar surface area (TPSA) is 72.4 Å². The number of piperidine rings is 1. The van der Waals surface area contributed by atoms with Crippen molar-refractivity contribution in [1.82, 2.24) is 0 Å². The van der Waals surface area contributed by atoms with E-state index in [2.05, 4.69) is 22.9 Å². The standard InChI is InChI=1S/C12H15BrClN3O2/c1-7-4-2-3-5-16(7)12-9(17(18)19)6-8(14)11(15)10(12)13/h6-7H,2-5,15H2,1H3/t7-/m0/s1. The molecule has 1 aromatic carbocycles. The summed E-state index contributed by atoms with van der Waals surface area (Å²) in [6.07, 6.45) is 3.19. The second-order valence-corrected chi connectivity index (χ2v) is 5.95. The van der Waals surface area contributed by atoms with E-state index in [0.717, 1.165) is 25.8 Å². The lowest BCUT2D eigenvalue weighted by Crippen LogP contribution is -2.38. The van der Waals surface area contributed by atoms with Crippen molar-refractivity contribution in [2.24, 2.45) is 0 Å². The summed E-state index contributed by atoms with van der Waals surface area (Å²) >= 11 is 9.29. The van der Waals surface area contributed by atoms with Crippen LogP contribution in [-0.4, -0.2) is 17.5 Å². The van der Waals surface area contributed by atoms with Crippen molar-refractivity contribution in [1.29, 1.82) is 0 Å². The molecule has 0 unspecified atom stereocenters. The summed E-state index contributed by atoms with van der Waals surface area (Å²) in [5.41, 5.74) is 6.76. The maximum atomic E-state index is 11.2. The summed E-state index contributed by atoms with van der Waals surface area (Å²) in [5, 5.41) is 11.4. The molecule has 1 aliphatic heterocycles. The van der Waals surface area contributed by atoms with Crippen molar-refractivity contribution in [3.05, 3.63) is 25.7 Å². The molecule has 19 heavy (non-hydrogen) atoms. The zero-order chi connectivity index (χ0) is 14.2. The van der Waals surface area contributed by atoms with E-state index in [4.69, 9.17) is 17.3 Å². The van der Waals surface area contributed by atoms with Gasteiger partial charge in [0.15, 0.2) is 0 Å². The number of hydrogen-bond acceptors (Lipinski definition) is 4. The van der Waals surface area contributed by atoms with Crippen molar-refractivity contribution in [3.8, 4) is 0 Å². The van der Waals surface area contributed by atoms with Gasteiger partial charge < -0.3 is 10.6 Å². The molecule has 5 nitrogen and oxygen atoms in total. The number of benzene rings is 1. The summed E-state index contributed by atoms with van der Waals surface area (Å²) in [4.78, 5) is 12.9. The Kier molecular flexibility index (Phi) is 4.20. The minimum absolute atomic E-state index is 0.000162. The van der Waals surface area contributed by atoms with Gasteiger partial charge in [-0.15, -0.1) is 0 Å². The predicted octanol–water partition coefficient (Wildman–Crippen LogP) is 3.97. The van der Waals surface area contributed by atoms with Crippen LogP contribution in [0.3, 0.4) is 0 Å². The molecule has 0 aromatic heterocycles. The molecule has 1 saturated heterocycles. The van der Waals surface area contributed by atoms with Gasteiger partial charge in [-0.2, -0.15) is 0 Å². The molecule has 2 rings (SSSR count). The number of halogens is 2. The number of nitro groups is 1. The highest BCUT2D eigenvalue weighted by Gasteiger charge is 2.30. The van der Waals surface area contributed by atoms with Crippen LogP contribution < -0.4 is 10.6 Å². The number of nitrogens with zero attached hydrogens (tertiary/aromatic N) is 2. The number of hydrogen-bond donors (Lipinski definition) is 1. The highest BCUT2D eigenvalue weighted by molar-refractivity contribution is 9.10. The Morgan fingerprint density at radius 2 is 2.26 bits per heavy atom. The molecular formula is C12H15BrClN3O2. The van der Waals surface area contributed by atoms with Gasteiger partial charge in [0.2, 0.25) is 0 Å². The van der Waals surface area contributed by atoms with Crippen molar-refractivity contribution < 1.29 is 4.92 Å². The highest BCUT2D eigenvalue weighted by atomic mass is 79.9. The van der Waals surface area contributed by atoms with E-state index in [1.165, 1.54) is 6.07 Å². The highest BCUT2D eigenvalue weighted by Crippen LogP contribution is 2.45. The summed E-state index contributed by atoms with van der Waals surface area (Å²) < 4.78 is 0.514. The summed E-state index contributed by atoms with van der Waals surface area (Å²) in [5.74, 6) is 0. The lowest BCUT2D eigenvalue weighted by molar-refractivity contribution is -0.384. The molecule has 0 saturated carbocycles. The lowest BCUT2D eigenvalue weighted by atomic mass is 10.0. The minimum atomic E-state index is -0.410. The van der Waals surface area contributed by atoms with Gasteiger partial charge in [0.05, 0.1) is 20.1 Å². The molecule has 0 spiro atoms. The van der Waals surface area contributed by atoms with Crippen LogP contribution in [0.2, 0.25) is 5.02 Å². The Balaban J connectivity index is 2.59. The van der Waals surface area contributed by atoms with Crippen molar-refractivity contribution in [3.63, 3.8) is 0 Å². The van der Waals surface area contributed by atoms with Crippen molar-refractivity contribution in [2.75, 3.05) is 17.2 Å². The molecule has 0 aliphatic carbocycles. The number of nitrogen functional groups attached to an aromatic ring is 1. The second-order valence-electron chi connectivity index (χ2n) is 4.75. The van der Waals surface area contributed by atoms with Crippen LogP contribution in [-0.2, 0) is 0 Å². The van der Waals surface area contributed by atoms with E-state index in [9.17, 15) is 10.1 Å². The number of nitrogens with two attached hydrogens (primary N) is 1. The average Bonchev–Trinajstić information content (AvgIpc) is 2.37. The SMILES string of the molecule is C[C@H]1CCCCN1c1c([N+](=O)[O-])cc(Cl)c(N)c1Br. The molecule has 7 heteroatoms. The van der Waals surface area contributed by atoms with Crippen molar-refractivity contribution >= 4 is 44.6 Å². The largest absolute Gasteiger partial charge is 0.397 e. The van der Waals surface area contributed by atoms with Crippen LogP contribution >= 0.6 is 27.5 Å². The number of rotatable bonds is 2. The molecule has 0 radical (unpaired) electrons. The summed E-state index contributed by atoms with van der Waals surface area (Å²) in [6.45, 7) is 2.86. The van der Waals surface area contributed by atoms with Crippen LogP contribution in [0, 0.1) is 10.1 Å². The van der Waals surface area contributed by atoms with Crippen LogP contribution in [0.4, 0.5) is 17.1 Å². The van der Waals surface area contributed by atoms with E-state index in [-0.39, 0.29) is 16.8 Å². The second kappa shape index (κ2) is 5.54. The maximum Gasteiger partial charge on any atom is 0.295 e. The van der Waals surface area contributed by atoms with Crippen LogP contribution in [0.15, 0.2) is 10.5 Å². The number of anilines is 2. The molecule has 1 aromatic rings. The first-order valence-electron chi connectivity index (χ1n) is 6.12. The number of nitro benzene ring substituents is 1.